The summed E-state index contributed by atoms with van der Waals surface area (Å²) in [6.07, 6.45) is 8.38. The number of hydrogen-bond donors (Lipinski definition) is 2. The van der Waals surface area contributed by atoms with E-state index < -0.39 is 0 Å². The van der Waals surface area contributed by atoms with E-state index in [4.69, 9.17) is 9.72 Å². The number of carbonyl (C=O) groups excluding carboxylic acids is 2. The number of anilines is 1. The van der Waals surface area contributed by atoms with Gasteiger partial charge in [-0.15, -0.1) is 0 Å². The molecule has 0 bridgehead atoms. The van der Waals surface area contributed by atoms with Crippen LogP contribution in [0.15, 0.2) is 12.1 Å². The average Bonchev–Trinajstić information content (AvgIpc) is 3.33. The number of nitrogens with one attached hydrogen (secondary N) is 2. The monoisotopic (exact) mass is 538 g/mol. The van der Waals surface area contributed by atoms with Crippen LogP contribution in [0.3, 0.4) is 0 Å². The number of amides is 2. The summed E-state index contributed by atoms with van der Waals surface area (Å²) in [5.41, 5.74) is 0.951. The number of alkyl carbamates (subject to hydrolysis) is 1. The highest BCUT2D eigenvalue weighted by Crippen LogP contribution is 2.29. The van der Waals surface area contributed by atoms with Crippen LogP contribution in [0, 0.1) is 0 Å². The zero-order valence-electron chi connectivity index (χ0n) is 23.2. The second-order valence-corrected chi connectivity index (χ2v) is 11.8. The third-order valence-electron chi connectivity index (χ3n) is 9.10. The van der Waals surface area contributed by atoms with Crippen LogP contribution < -0.4 is 15.5 Å². The highest BCUT2D eigenvalue weighted by Gasteiger charge is 2.42. The fourth-order valence-electron chi connectivity index (χ4n) is 6.57. The number of hydrogen-bond acceptors (Lipinski definition) is 8. The summed E-state index contributed by atoms with van der Waals surface area (Å²) in [6.45, 7) is 8.67. The lowest BCUT2D eigenvalue weighted by Crippen LogP contribution is -2.50. The normalized spacial score (nSPS) is 23.1. The van der Waals surface area contributed by atoms with Crippen LogP contribution in [0.25, 0.3) is 11.0 Å². The van der Waals surface area contributed by atoms with Crippen LogP contribution in [0.2, 0.25) is 0 Å². The van der Waals surface area contributed by atoms with Gasteiger partial charge in [0.05, 0.1) is 11.9 Å². The number of fused-ring (bicyclic) bond motifs is 1. The van der Waals surface area contributed by atoms with Gasteiger partial charge in [0, 0.05) is 78.3 Å². The quantitative estimate of drug-likeness (QED) is 0.576. The Bertz CT molecular complexity index is 1170. The molecule has 2 aromatic heterocycles. The zero-order valence-corrected chi connectivity index (χ0v) is 23.2. The smallest absolute Gasteiger partial charge is 0.407 e. The zero-order chi connectivity index (χ0) is 26.8. The molecular formula is C28H42N8O3. The van der Waals surface area contributed by atoms with Gasteiger partial charge >= 0.3 is 6.09 Å². The summed E-state index contributed by atoms with van der Waals surface area (Å²) in [5, 5.41) is 11.4. The number of carbonyl (C=O) groups is 2. The van der Waals surface area contributed by atoms with Crippen LogP contribution in [-0.2, 0) is 11.8 Å². The molecule has 2 amide bonds. The Hall–Kier alpha value is -2.92. The van der Waals surface area contributed by atoms with E-state index in [0.717, 1.165) is 94.9 Å². The number of aryl methyl sites for hydroxylation is 1. The molecule has 4 aliphatic heterocycles. The van der Waals surface area contributed by atoms with Crippen molar-refractivity contribution >= 4 is 28.9 Å². The largest absolute Gasteiger partial charge is 0.441 e. The molecule has 0 radical (unpaired) electrons. The third kappa shape index (κ3) is 5.84. The van der Waals surface area contributed by atoms with E-state index in [0.29, 0.717) is 12.2 Å². The van der Waals surface area contributed by atoms with E-state index in [9.17, 15) is 9.59 Å². The molecule has 212 valence electrons. The summed E-state index contributed by atoms with van der Waals surface area (Å²) >= 11 is 0. The van der Waals surface area contributed by atoms with Gasteiger partial charge in [-0.05, 0) is 37.8 Å². The second-order valence-electron chi connectivity index (χ2n) is 11.8. The Labute approximate surface area is 230 Å². The van der Waals surface area contributed by atoms with Crippen molar-refractivity contribution < 1.29 is 14.3 Å². The molecule has 6 heterocycles. The highest BCUT2D eigenvalue weighted by molar-refractivity contribution is 6.04. The lowest BCUT2D eigenvalue weighted by molar-refractivity contribution is -0.00139. The van der Waals surface area contributed by atoms with Crippen LogP contribution in [0.4, 0.5) is 10.6 Å². The van der Waals surface area contributed by atoms with Gasteiger partial charge in [0.2, 0.25) is 0 Å². The minimum absolute atomic E-state index is 0.104. The second kappa shape index (κ2) is 11.3. The Morgan fingerprint density at radius 2 is 1.72 bits per heavy atom. The van der Waals surface area contributed by atoms with Crippen LogP contribution in [0.1, 0.15) is 61.9 Å². The average molecular weight is 539 g/mol. The van der Waals surface area contributed by atoms with Crippen LogP contribution >= 0.6 is 0 Å². The van der Waals surface area contributed by atoms with Crippen molar-refractivity contribution in [2.24, 2.45) is 7.05 Å². The molecule has 1 spiro atoms. The molecular weight excluding hydrogens is 496 g/mol. The molecule has 39 heavy (non-hydrogen) atoms. The Kier molecular flexibility index (Phi) is 7.61. The van der Waals surface area contributed by atoms with Crippen molar-refractivity contribution in [3.8, 4) is 0 Å². The minimum atomic E-state index is -0.284. The lowest BCUT2D eigenvalue weighted by Gasteiger charge is -2.38. The Morgan fingerprint density at radius 1 is 1.03 bits per heavy atom. The SMILES string of the molecule is Cn1nc(C(=O)NC2CCN(CCN3CCC4(CC3)CNC(=O)O4)CC2)c2ccc(N3CCCCCC3)nc21. The maximum Gasteiger partial charge on any atom is 0.407 e. The van der Waals surface area contributed by atoms with Crippen molar-refractivity contribution in [1.29, 1.82) is 0 Å². The van der Waals surface area contributed by atoms with Crippen molar-refractivity contribution in [2.45, 2.75) is 63.0 Å². The number of aromatic nitrogens is 3. The van der Waals surface area contributed by atoms with E-state index in [1.54, 1.807) is 4.68 Å². The molecule has 0 saturated carbocycles. The molecule has 11 heteroatoms. The van der Waals surface area contributed by atoms with E-state index in [1.807, 2.05) is 19.2 Å². The molecule has 2 aromatic rings. The van der Waals surface area contributed by atoms with Crippen LogP contribution in [0.5, 0.6) is 0 Å². The number of likely N-dealkylation sites (tertiary alicyclic amines) is 2. The van der Waals surface area contributed by atoms with Gasteiger partial charge in [0.25, 0.3) is 5.91 Å². The number of ether oxygens (including phenoxy) is 1. The predicted octanol–water partition coefficient (Wildman–Crippen LogP) is 2.12. The first-order valence-corrected chi connectivity index (χ1v) is 14.8. The first kappa shape index (κ1) is 26.3. The van der Waals surface area contributed by atoms with Crippen molar-refractivity contribution in [2.75, 3.05) is 63.8 Å². The number of piperidine rings is 2. The fraction of sp³-hybridized carbons (Fsp3) is 0.714. The van der Waals surface area contributed by atoms with E-state index in [1.165, 1.54) is 25.7 Å². The molecule has 4 fully saturated rings. The summed E-state index contributed by atoms with van der Waals surface area (Å²) in [7, 11) is 1.87. The third-order valence-corrected chi connectivity index (χ3v) is 9.10. The van der Waals surface area contributed by atoms with Gasteiger partial charge in [-0.3, -0.25) is 4.79 Å². The molecule has 0 unspecified atom stereocenters. The Balaban J connectivity index is 0.975. The van der Waals surface area contributed by atoms with Gasteiger partial charge < -0.3 is 30.1 Å². The van der Waals surface area contributed by atoms with E-state index in [2.05, 4.69) is 30.4 Å². The number of rotatable bonds is 6. The molecule has 0 aliphatic carbocycles. The molecule has 6 rings (SSSR count). The summed E-state index contributed by atoms with van der Waals surface area (Å²) in [5.74, 6) is 0.877. The van der Waals surface area contributed by atoms with Gasteiger partial charge in [-0.25, -0.2) is 14.5 Å². The van der Waals surface area contributed by atoms with Crippen molar-refractivity contribution in [3.05, 3.63) is 17.8 Å². The summed E-state index contributed by atoms with van der Waals surface area (Å²) in [6, 6.07) is 4.22. The molecule has 4 saturated heterocycles. The molecule has 2 N–H and O–H groups in total. The number of pyridine rings is 1. The fourth-order valence-corrected chi connectivity index (χ4v) is 6.57. The van der Waals surface area contributed by atoms with Gasteiger partial charge in [0.15, 0.2) is 11.3 Å². The lowest BCUT2D eigenvalue weighted by atomic mass is 9.91. The van der Waals surface area contributed by atoms with Crippen molar-refractivity contribution in [1.82, 2.24) is 35.2 Å². The molecule has 11 nitrogen and oxygen atoms in total. The summed E-state index contributed by atoms with van der Waals surface area (Å²) in [4.78, 5) is 36.9. The standard InChI is InChI=1S/C28H42N8O3/c1-33-25-22(6-7-23(31-25)36-12-4-2-3-5-13-36)24(32-33)26(37)30-21-8-14-34(15-9-21)18-19-35-16-10-28(11-17-35)20-29-27(38)39-28/h6-7,21H,2-5,8-20H2,1H3,(H,29,38)(H,30,37). The number of nitrogens with zero attached hydrogens (tertiary/aromatic N) is 6. The summed E-state index contributed by atoms with van der Waals surface area (Å²) < 4.78 is 7.27. The van der Waals surface area contributed by atoms with Crippen LogP contribution in [-0.4, -0.2) is 107 Å². The van der Waals surface area contributed by atoms with Gasteiger partial charge in [-0.2, -0.15) is 5.10 Å². The molecule has 4 aliphatic rings. The predicted molar refractivity (Wildman–Crippen MR) is 149 cm³/mol. The topological polar surface area (TPSA) is 108 Å². The minimum Gasteiger partial charge on any atom is -0.441 e. The Morgan fingerprint density at radius 3 is 2.38 bits per heavy atom. The maximum atomic E-state index is 13.2. The maximum absolute atomic E-state index is 13.2. The molecule has 0 aromatic carbocycles. The van der Waals surface area contributed by atoms with Gasteiger partial charge in [-0.1, -0.05) is 12.8 Å². The van der Waals surface area contributed by atoms with E-state index >= 15 is 0 Å². The van der Waals surface area contributed by atoms with Gasteiger partial charge in [0.1, 0.15) is 11.4 Å². The first-order valence-electron chi connectivity index (χ1n) is 14.8. The van der Waals surface area contributed by atoms with Crippen molar-refractivity contribution in [3.63, 3.8) is 0 Å². The molecule has 0 atom stereocenters. The first-order chi connectivity index (χ1) is 19.0. The highest BCUT2D eigenvalue weighted by atomic mass is 16.6. The van der Waals surface area contributed by atoms with E-state index in [-0.39, 0.29) is 23.6 Å².